The Balaban J connectivity index is 1.74. The van der Waals surface area contributed by atoms with Gasteiger partial charge < -0.3 is 9.72 Å². The van der Waals surface area contributed by atoms with Crippen molar-refractivity contribution in [2.24, 2.45) is 0 Å². The molecule has 0 amide bonds. The second-order valence-electron chi connectivity index (χ2n) is 5.77. The van der Waals surface area contributed by atoms with Crippen LogP contribution in [-0.2, 0) is 11.2 Å². The molecule has 0 spiro atoms. The molecule has 0 radical (unpaired) electrons. The summed E-state index contributed by atoms with van der Waals surface area (Å²) in [7, 11) is 0. The van der Waals surface area contributed by atoms with E-state index in [-0.39, 0.29) is 11.7 Å². The van der Waals surface area contributed by atoms with Crippen molar-refractivity contribution >= 4 is 10.9 Å². The highest BCUT2D eigenvalue weighted by atomic mass is 16.5. The van der Waals surface area contributed by atoms with Gasteiger partial charge in [0.25, 0.3) is 5.56 Å². The largest absolute Gasteiger partial charge is 0.376 e. The van der Waals surface area contributed by atoms with Crippen molar-refractivity contribution < 1.29 is 4.74 Å². The van der Waals surface area contributed by atoms with Crippen molar-refractivity contribution in [2.45, 2.75) is 32.4 Å². The van der Waals surface area contributed by atoms with Crippen LogP contribution < -0.4 is 5.56 Å². The smallest absolute Gasteiger partial charge is 0.258 e. The molecule has 2 aromatic rings. The first kappa shape index (κ1) is 14.2. The molecule has 3 rings (SSSR count). The van der Waals surface area contributed by atoms with Gasteiger partial charge in [-0.1, -0.05) is 12.1 Å². The average Bonchev–Trinajstić information content (AvgIpc) is 2.48. The summed E-state index contributed by atoms with van der Waals surface area (Å²) in [5, 5.41) is 0.648. The first-order chi connectivity index (χ1) is 10.1. The normalized spacial score (nSPS) is 23.5. The summed E-state index contributed by atoms with van der Waals surface area (Å²) in [5.74, 6) is 0.755. The number of morpholine rings is 1. The van der Waals surface area contributed by atoms with Crippen LogP contribution in [0.15, 0.2) is 29.1 Å². The molecule has 5 heteroatoms. The number of para-hydroxylation sites is 1. The van der Waals surface area contributed by atoms with Gasteiger partial charge in [0.05, 0.1) is 23.6 Å². The van der Waals surface area contributed by atoms with Crippen LogP contribution in [-0.4, -0.2) is 46.7 Å². The molecule has 1 aromatic heterocycles. The fraction of sp³-hybridized carbons (Fsp3) is 0.500. The number of nitrogens with zero attached hydrogens (tertiary/aromatic N) is 2. The third-order valence-electron chi connectivity index (χ3n) is 4.03. The summed E-state index contributed by atoms with van der Waals surface area (Å²) >= 11 is 0. The summed E-state index contributed by atoms with van der Waals surface area (Å²) < 4.78 is 5.63. The molecule has 1 N–H and O–H groups in total. The lowest BCUT2D eigenvalue weighted by atomic mass is 10.2. The SMILES string of the molecule is CC1CN(CCc2nc3ccccc3c(=O)[nH]2)C(C)CO1. The van der Waals surface area contributed by atoms with Crippen molar-refractivity contribution in [3.8, 4) is 0 Å². The van der Waals surface area contributed by atoms with Crippen LogP contribution in [0.25, 0.3) is 10.9 Å². The van der Waals surface area contributed by atoms with Gasteiger partial charge in [-0.05, 0) is 26.0 Å². The van der Waals surface area contributed by atoms with Gasteiger partial charge in [-0.25, -0.2) is 4.98 Å². The molecule has 21 heavy (non-hydrogen) atoms. The van der Waals surface area contributed by atoms with Gasteiger partial charge in [-0.3, -0.25) is 9.69 Å². The predicted octanol–water partition coefficient (Wildman–Crippen LogP) is 1.57. The Kier molecular flexibility index (Phi) is 4.03. The molecule has 112 valence electrons. The number of H-pyrrole nitrogens is 1. The molecule has 2 atom stereocenters. The van der Waals surface area contributed by atoms with Crippen molar-refractivity contribution in [1.82, 2.24) is 14.9 Å². The molecule has 1 fully saturated rings. The zero-order chi connectivity index (χ0) is 14.8. The van der Waals surface area contributed by atoms with Crippen molar-refractivity contribution in [1.29, 1.82) is 0 Å². The Morgan fingerprint density at radius 3 is 3.05 bits per heavy atom. The standard InChI is InChI=1S/C16H21N3O2/c1-11-10-21-12(2)9-19(11)8-7-15-17-14-6-4-3-5-13(14)16(20)18-15/h3-6,11-12H,7-10H2,1-2H3,(H,17,18,20). The van der Waals surface area contributed by atoms with E-state index >= 15 is 0 Å². The van der Waals surface area contributed by atoms with Crippen molar-refractivity contribution in [2.75, 3.05) is 19.7 Å². The summed E-state index contributed by atoms with van der Waals surface area (Å²) in [5.41, 5.74) is 0.707. The monoisotopic (exact) mass is 287 g/mol. The van der Waals surface area contributed by atoms with Gasteiger partial charge >= 0.3 is 0 Å². The Morgan fingerprint density at radius 2 is 2.19 bits per heavy atom. The van der Waals surface area contributed by atoms with Crippen LogP contribution in [0.4, 0.5) is 0 Å². The lowest BCUT2D eigenvalue weighted by molar-refractivity contribution is -0.0488. The fourth-order valence-electron chi connectivity index (χ4n) is 2.79. The zero-order valence-corrected chi connectivity index (χ0v) is 12.5. The van der Waals surface area contributed by atoms with Gasteiger partial charge in [0.2, 0.25) is 0 Å². The number of aromatic amines is 1. The van der Waals surface area contributed by atoms with Crippen LogP contribution in [0.2, 0.25) is 0 Å². The second kappa shape index (κ2) is 5.95. The number of hydrogen-bond donors (Lipinski definition) is 1. The third kappa shape index (κ3) is 3.14. The van der Waals surface area contributed by atoms with E-state index in [0.717, 1.165) is 37.5 Å². The number of aromatic nitrogens is 2. The van der Waals surface area contributed by atoms with E-state index in [1.165, 1.54) is 0 Å². The van der Waals surface area contributed by atoms with E-state index in [1.807, 2.05) is 18.2 Å². The third-order valence-corrected chi connectivity index (χ3v) is 4.03. The molecule has 1 aromatic carbocycles. The van der Waals surface area contributed by atoms with Gasteiger partial charge in [0.15, 0.2) is 0 Å². The molecule has 0 saturated carbocycles. The topological polar surface area (TPSA) is 58.2 Å². The number of ether oxygens (including phenoxy) is 1. The van der Waals surface area contributed by atoms with E-state index in [2.05, 4.69) is 28.7 Å². The quantitative estimate of drug-likeness (QED) is 0.931. The Labute approximate surface area is 124 Å². The first-order valence-corrected chi connectivity index (χ1v) is 7.47. The molecule has 5 nitrogen and oxygen atoms in total. The molecule has 2 unspecified atom stereocenters. The molecule has 1 saturated heterocycles. The molecular weight excluding hydrogens is 266 g/mol. The second-order valence-corrected chi connectivity index (χ2v) is 5.77. The first-order valence-electron chi connectivity index (χ1n) is 7.47. The van der Waals surface area contributed by atoms with E-state index in [9.17, 15) is 4.79 Å². The van der Waals surface area contributed by atoms with E-state index in [4.69, 9.17) is 4.74 Å². The van der Waals surface area contributed by atoms with Crippen LogP contribution >= 0.6 is 0 Å². The maximum Gasteiger partial charge on any atom is 0.258 e. The highest BCUT2D eigenvalue weighted by Crippen LogP contribution is 2.12. The van der Waals surface area contributed by atoms with Crippen LogP contribution in [0.1, 0.15) is 19.7 Å². The van der Waals surface area contributed by atoms with Gasteiger partial charge in [0.1, 0.15) is 5.82 Å². The minimum atomic E-state index is -0.0565. The van der Waals surface area contributed by atoms with Gasteiger partial charge in [-0.2, -0.15) is 0 Å². The molecule has 2 heterocycles. The lowest BCUT2D eigenvalue weighted by Gasteiger charge is -2.36. The fourth-order valence-corrected chi connectivity index (χ4v) is 2.79. The molecular formula is C16H21N3O2. The number of hydrogen-bond acceptors (Lipinski definition) is 4. The highest BCUT2D eigenvalue weighted by Gasteiger charge is 2.23. The molecule has 1 aliphatic heterocycles. The molecule has 0 bridgehead atoms. The van der Waals surface area contributed by atoms with E-state index < -0.39 is 0 Å². The predicted molar refractivity (Wildman–Crippen MR) is 82.5 cm³/mol. The number of benzene rings is 1. The van der Waals surface area contributed by atoms with Crippen molar-refractivity contribution in [3.63, 3.8) is 0 Å². The van der Waals surface area contributed by atoms with Gasteiger partial charge in [-0.15, -0.1) is 0 Å². The Morgan fingerprint density at radius 1 is 1.38 bits per heavy atom. The number of nitrogens with one attached hydrogen (secondary N) is 1. The Bertz CT molecular complexity index is 683. The number of rotatable bonds is 3. The lowest BCUT2D eigenvalue weighted by Crippen LogP contribution is -2.48. The zero-order valence-electron chi connectivity index (χ0n) is 12.5. The molecule has 0 aliphatic carbocycles. The highest BCUT2D eigenvalue weighted by molar-refractivity contribution is 5.77. The minimum absolute atomic E-state index is 0.0565. The minimum Gasteiger partial charge on any atom is -0.376 e. The van der Waals surface area contributed by atoms with Gasteiger partial charge in [0, 0.05) is 25.6 Å². The summed E-state index contributed by atoms with van der Waals surface area (Å²) in [4.78, 5) is 21.9. The molecule has 1 aliphatic rings. The van der Waals surface area contributed by atoms with Crippen LogP contribution in [0, 0.1) is 0 Å². The van der Waals surface area contributed by atoms with Crippen LogP contribution in [0.3, 0.4) is 0 Å². The average molecular weight is 287 g/mol. The number of fused-ring (bicyclic) bond motifs is 1. The maximum absolute atomic E-state index is 12.0. The van der Waals surface area contributed by atoms with Crippen molar-refractivity contribution in [3.05, 3.63) is 40.4 Å². The van der Waals surface area contributed by atoms with E-state index in [0.29, 0.717) is 11.4 Å². The summed E-state index contributed by atoms with van der Waals surface area (Å²) in [6.45, 7) is 6.84. The Hall–Kier alpha value is -1.72. The van der Waals surface area contributed by atoms with Crippen LogP contribution in [0.5, 0.6) is 0 Å². The van der Waals surface area contributed by atoms with E-state index in [1.54, 1.807) is 6.07 Å². The maximum atomic E-state index is 12.0. The summed E-state index contributed by atoms with van der Waals surface area (Å²) in [6.07, 6.45) is 1.02. The summed E-state index contributed by atoms with van der Waals surface area (Å²) in [6, 6.07) is 7.86.